The van der Waals surface area contributed by atoms with Gasteiger partial charge in [0, 0.05) is 32.7 Å². The third kappa shape index (κ3) is 5.32. The molecule has 20 heavy (non-hydrogen) atoms. The van der Waals surface area contributed by atoms with Crippen molar-refractivity contribution in [1.29, 1.82) is 0 Å². The monoisotopic (exact) mass is 286 g/mol. The summed E-state index contributed by atoms with van der Waals surface area (Å²) in [5, 5.41) is 7.41. The second kappa shape index (κ2) is 9.72. The topological polar surface area (TPSA) is 13.0 Å². The summed E-state index contributed by atoms with van der Waals surface area (Å²) in [5.41, 5.74) is 0.101. The molecule has 0 radical (unpaired) electrons. The van der Waals surface area contributed by atoms with Crippen LogP contribution in [0.2, 0.25) is 0 Å². The van der Waals surface area contributed by atoms with Crippen LogP contribution < -0.4 is 0 Å². The van der Waals surface area contributed by atoms with Crippen LogP contribution in [0.5, 0.6) is 0 Å². The Bertz CT molecular complexity index is 219. The van der Waals surface area contributed by atoms with E-state index in [9.17, 15) is 0 Å². The van der Waals surface area contributed by atoms with Gasteiger partial charge in [-0.15, -0.1) is 0 Å². The highest BCUT2D eigenvalue weighted by Crippen LogP contribution is 2.21. The Balaban J connectivity index is 5.25. The van der Waals surface area contributed by atoms with E-state index in [-0.39, 0.29) is 5.54 Å². The van der Waals surface area contributed by atoms with E-state index in [1.54, 1.807) is 0 Å². The molecule has 0 aliphatic carbocycles. The lowest BCUT2D eigenvalue weighted by atomic mass is 10.0. The van der Waals surface area contributed by atoms with E-state index in [1.807, 2.05) is 0 Å². The average Bonchev–Trinajstić information content (AvgIpc) is 2.45. The minimum Gasteiger partial charge on any atom is -0.302 e. The van der Waals surface area contributed by atoms with E-state index in [0.717, 1.165) is 45.8 Å². The van der Waals surface area contributed by atoms with Crippen LogP contribution in [0.15, 0.2) is 0 Å². The van der Waals surface area contributed by atoms with Crippen LogP contribution in [0.1, 0.15) is 55.4 Å². The first-order chi connectivity index (χ1) is 9.41. The zero-order valence-electron chi connectivity index (χ0n) is 15.2. The molecule has 0 unspecified atom stereocenters. The minimum absolute atomic E-state index is 0.101. The van der Waals surface area contributed by atoms with Crippen LogP contribution in [0.25, 0.3) is 0 Å². The van der Waals surface area contributed by atoms with E-state index < -0.39 is 0 Å². The third-order valence-electron chi connectivity index (χ3n) is 4.04. The van der Waals surface area contributed by atoms with Crippen molar-refractivity contribution in [1.82, 2.24) is 20.0 Å². The fraction of sp³-hybridized carbons (Fsp3) is 1.00. The van der Waals surface area contributed by atoms with E-state index in [4.69, 9.17) is 0 Å². The van der Waals surface area contributed by atoms with Gasteiger partial charge in [-0.3, -0.25) is 0 Å². The molecule has 0 rings (SSSR count). The first-order valence-corrected chi connectivity index (χ1v) is 8.43. The fourth-order valence-corrected chi connectivity index (χ4v) is 2.99. The van der Waals surface area contributed by atoms with Gasteiger partial charge < -0.3 is 4.90 Å². The first kappa shape index (κ1) is 19.8. The minimum atomic E-state index is 0.101. The van der Waals surface area contributed by atoms with Gasteiger partial charge in [0.15, 0.2) is 0 Å². The molecular weight excluding hydrogens is 248 g/mol. The lowest BCUT2D eigenvalue weighted by molar-refractivity contribution is -0.237. The van der Waals surface area contributed by atoms with E-state index in [2.05, 4.69) is 75.4 Å². The van der Waals surface area contributed by atoms with Crippen LogP contribution in [0.4, 0.5) is 0 Å². The Morgan fingerprint density at radius 3 is 1.20 bits per heavy atom. The Hall–Kier alpha value is -0.160. The highest BCUT2D eigenvalue weighted by molar-refractivity contribution is 4.82. The summed E-state index contributed by atoms with van der Waals surface area (Å²) in [7, 11) is 0. The normalized spacial score (nSPS) is 13.2. The SMILES string of the molecule is CCN(CC)CC(C)(C)N(N(CC)CC)N(CC)CC. The molecule has 0 aromatic heterocycles. The second-order valence-corrected chi connectivity index (χ2v) is 5.84. The molecule has 0 heterocycles. The number of nitrogens with zero attached hydrogens (tertiary/aromatic N) is 4. The molecule has 0 aromatic rings. The summed E-state index contributed by atoms with van der Waals surface area (Å²) in [6.45, 7) is 25.7. The number of likely N-dealkylation sites (N-methyl/N-ethyl adjacent to an activating group) is 1. The van der Waals surface area contributed by atoms with Gasteiger partial charge in [0.1, 0.15) is 0 Å². The van der Waals surface area contributed by atoms with Crippen LogP contribution in [0, 0.1) is 0 Å². The van der Waals surface area contributed by atoms with Gasteiger partial charge in [-0.05, 0) is 26.9 Å². The maximum Gasteiger partial charge on any atom is 0.0585 e. The predicted molar refractivity (Wildman–Crippen MR) is 89.5 cm³/mol. The van der Waals surface area contributed by atoms with Crippen LogP contribution in [0.3, 0.4) is 0 Å². The quantitative estimate of drug-likeness (QED) is 0.541. The summed E-state index contributed by atoms with van der Waals surface area (Å²) < 4.78 is 0. The molecule has 122 valence electrons. The molecule has 0 N–H and O–H groups in total. The molecule has 0 saturated heterocycles. The summed E-state index contributed by atoms with van der Waals surface area (Å²) in [6.07, 6.45) is 0. The Morgan fingerprint density at radius 1 is 0.600 bits per heavy atom. The van der Waals surface area contributed by atoms with Gasteiger partial charge in [-0.2, -0.15) is 5.12 Å². The van der Waals surface area contributed by atoms with Crippen molar-refractivity contribution in [3.8, 4) is 0 Å². The number of hydrogen-bond acceptors (Lipinski definition) is 4. The average molecular weight is 287 g/mol. The Kier molecular flexibility index (Phi) is 9.64. The maximum atomic E-state index is 2.51. The number of rotatable bonds is 11. The number of hydrazine groups is 2. The van der Waals surface area contributed by atoms with Gasteiger partial charge in [0.2, 0.25) is 0 Å². The molecule has 0 aromatic carbocycles. The van der Waals surface area contributed by atoms with Crippen molar-refractivity contribution in [3.63, 3.8) is 0 Å². The number of hydrogen-bond donors (Lipinski definition) is 0. The van der Waals surface area contributed by atoms with Gasteiger partial charge >= 0.3 is 0 Å². The smallest absolute Gasteiger partial charge is 0.0585 e. The summed E-state index contributed by atoms with van der Waals surface area (Å²) in [4.78, 5) is 2.51. The lowest BCUT2D eigenvalue weighted by Crippen LogP contribution is -2.65. The molecule has 4 heteroatoms. The molecule has 0 atom stereocenters. The molecule has 0 aliphatic heterocycles. The predicted octanol–water partition coefficient (Wildman–Crippen LogP) is 2.92. The van der Waals surface area contributed by atoms with Gasteiger partial charge in [-0.1, -0.05) is 41.5 Å². The maximum absolute atomic E-state index is 2.51. The first-order valence-electron chi connectivity index (χ1n) is 8.43. The van der Waals surface area contributed by atoms with Crippen molar-refractivity contribution in [2.75, 3.05) is 45.8 Å². The van der Waals surface area contributed by atoms with Crippen LogP contribution >= 0.6 is 0 Å². The van der Waals surface area contributed by atoms with Crippen molar-refractivity contribution >= 4 is 0 Å². The fourth-order valence-electron chi connectivity index (χ4n) is 2.99. The van der Waals surface area contributed by atoms with Crippen molar-refractivity contribution < 1.29 is 0 Å². The standard InChI is InChI=1S/C16H38N4/c1-9-17(10-2)15-16(7,8)20(18(11-3)12-4)19(13-5)14-6/h9-15H2,1-8H3. The molecule has 0 saturated carbocycles. The largest absolute Gasteiger partial charge is 0.302 e. The Morgan fingerprint density at radius 2 is 0.950 bits per heavy atom. The van der Waals surface area contributed by atoms with Gasteiger partial charge in [0.25, 0.3) is 0 Å². The van der Waals surface area contributed by atoms with Crippen LogP contribution in [-0.2, 0) is 0 Å². The molecular formula is C16H38N4. The molecule has 0 fully saturated rings. The second-order valence-electron chi connectivity index (χ2n) is 5.84. The lowest BCUT2D eigenvalue weighted by Gasteiger charge is -2.51. The van der Waals surface area contributed by atoms with Crippen molar-refractivity contribution in [2.24, 2.45) is 0 Å². The van der Waals surface area contributed by atoms with Crippen LogP contribution in [-0.4, -0.2) is 71.4 Å². The molecule has 4 nitrogen and oxygen atoms in total. The van der Waals surface area contributed by atoms with Gasteiger partial charge in [0.05, 0.1) is 5.54 Å². The zero-order chi connectivity index (χ0) is 15.8. The Labute approximate surface area is 127 Å². The highest BCUT2D eigenvalue weighted by Gasteiger charge is 2.35. The summed E-state index contributed by atoms with van der Waals surface area (Å²) in [6, 6.07) is 0. The molecule has 0 amide bonds. The van der Waals surface area contributed by atoms with E-state index >= 15 is 0 Å². The molecule has 0 spiro atoms. The summed E-state index contributed by atoms with van der Waals surface area (Å²) in [5.74, 6) is 0. The third-order valence-corrected chi connectivity index (χ3v) is 4.04. The molecule has 0 bridgehead atoms. The molecule has 0 aliphatic rings. The van der Waals surface area contributed by atoms with Crippen molar-refractivity contribution in [3.05, 3.63) is 0 Å². The van der Waals surface area contributed by atoms with Gasteiger partial charge in [-0.25, -0.2) is 10.0 Å². The van der Waals surface area contributed by atoms with E-state index in [0.29, 0.717) is 0 Å². The zero-order valence-corrected chi connectivity index (χ0v) is 15.2. The summed E-state index contributed by atoms with van der Waals surface area (Å²) >= 11 is 0. The highest BCUT2D eigenvalue weighted by atomic mass is 15.9. The van der Waals surface area contributed by atoms with E-state index in [1.165, 1.54) is 0 Å². The van der Waals surface area contributed by atoms with Crippen molar-refractivity contribution in [2.45, 2.75) is 60.9 Å².